The van der Waals surface area contributed by atoms with Crippen LogP contribution in [0.2, 0.25) is 5.15 Å². The molecule has 2 aliphatic heterocycles. The standard InChI is InChI=1S/C22H22ClF2N5O/c1-2-26-17-14-9-11(14)10-27-21-16(17)18(30-21)19(31)13-3-4-15(29-20(13)23)28-12-5-7-22(24,25)8-6-12/h3-4,10,12,14,26H,2,5-9H2,1H3,(H,28,29). The third-order valence-electron chi connectivity index (χ3n) is 6.12. The highest BCUT2D eigenvalue weighted by molar-refractivity contribution is 6.64. The Hall–Kier alpha value is -2.61. The number of Topliss-reactive ketones (excluding diaryl/α,β-unsaturated/α-hetero) is 1. The molecule has 1 aromatic rings. The Kier molecular flexibility index (Phi) is 4.92. The van der Waals surface area contributed by atoms with Crippen molar-refractivity contribution >= 4 is 34.7 Å². The number of carbonyl (C=O) groups excluding carboxylic acids is 1. The fraction of sp³-hybridized carbons (Fsp3) is 0.455. The summed E-state index contributed by atoms with van der Waals surface area (Å²) in [4.78, 5) is 26.2. The fourth-order valence-electron chi connectivity index (χ4n) is 4.31. The molecule has 1 aromatic heterocycles. The van der Waals surface area contributed by atoms with Crippen molar-refractivity contribution in [3.63, 3.8) is 0 Å². The first-order valence-electron chi connectivity index (χ1n) is 10.6. The van der Waals surface area contributed by atoms with E-state index in [1.54, 1.807) is 12.1 Å². The van der Waals surface area contributed by atoms with Crippen LogP contribution >= 0.6 is 11.6 Å². The summed E-state index contributed by atoms with van der Waals surface area (Å²) in [5.74, 6) is -1.56. The summed E-state index contributed by atoms with van der Waals surface area (Å²) in [5.41, 5.74) is 3.61. The molecule has 0 radical (unpaired) electrons. The molecule has 0 amide bonds. The van der Waals surface area contributed by atoms with E-state index in [1.165, 1.54) is 5.57 Å². The van der Waals surface area contributed by atoms with Crippen molar-refractivity contribution in [3.8, 4) is 0 Å². The number of nitrogens with one attached hydrogen (secondary N) is 2. The first kappa shape index (κ1) is 20.3. The summed E-state index contributed by atoms with van der Waals surface area (Å²) in [7, 11) is 0. The maximum absolute atomic E-state index is 13.4. The number of fused-ring (bicyclic) bond motifs is 2. The van der Waals surface area contributed by atoms with Crippen molar-refractivity contribution in [3.05, 3.63) is 45.9 Å². The second-order valence-electron chi connectivity index (χ2n) is 8.33. The Bertz CT molecular complexity index is 1080. The number of alkyl halides is 2. The van der Waals surface area contributed by atoms with Crippen molar-refractivity contribution in [1.82, 2.24) is 10.3 Å². The van der Waals surface area contributed by atoms with E-state index in [1.807, 2.05) is 13.1 Å². The summed E-state index contributed by atoms with van der Waals surface area (Å²) >= 11 is 6.34. The molecule has 1 unspecified atom stereocenters. The van der Waals surface area contributed by atoms with Crippen molar-refractivity contribution in [1.29, 1.82) is 0 Å². The summed E-state index contributed by atoms with van der Waals surface area (Å²) in [6, 6.07) is 3.19. The first-order valence-corrected chi connectivity index (χ1v) is 10.9. The van der Waals surface area contributed by atoms with Gasteiger partial charge in [-0.15, -0.1) is 0 Å². The number of ketones is 1. The lowest BCUT2D eigenvalue weighted by Crippen LogP contribution is -2.35. The van der Waals surface area contributed by atoms with Gasteiger partial charge in [-0.3, -0.25) is 4.79 Å². The van der Waals surface area contributed by atoms with Gasteiger partial charge in [0.2, 0.25) is 11.7 Å². The van der Waals surface area contributed by atoms with Crippen LogP contribution in [0.25, 0.3) is 0 Å². The fourth-order valence-corrected chi connectivity index (χ4v) is 4.55. The molecule has 3 heterocycles. The van der Waals surface area contributed by atoms with Gasteiger partial charge < -0.3 is 10.6 Å². The van der Waals surface area contributed by atoms with Crippen LogP contribution in [0.5, 0.6) is 0 Å². The van der Waals surface area contributed by atoms with Crippen molar-refractivity contribution < 1.29 is 13.6 Å². The van der Waals surface area contributed by atoms with E-state index >= 15 is 0 Å². The molecule has 6 nitrogen and oxygen atoms in total. The lowest BCUT2D eigenvalue weighted by molar-refractivity contribution is -0.0361. The molecule has 5 rings (SSSR count). The van der Waals surface area contributed by atoms with Gasteiger partial charge in [0.05, 0.1) is 11.1 Å². The number of allylic oxidation sites excluding steroid dienone is 1. The average molecular weight is 446 g/mol. The van der Waals surface area contributed by atoms with Crippen molar-refractivity contribution in [2.45, 2.75) is 51.0 Å². The highest BCUT2D eigenvalue weighted by atomic mass is 35.5. The maximum Gasteiger partial charge on any atom is 0.248 e. The van der Waals surface area contributed by atoms with Gasteiger partial charge in [0.25, 0.3) is 0 Å². The number of hydrogen-bond acceptors (Lipinski definition) is 6. The number of nitrogens with zero attached hydrogens (tertiary/aromatic N) is 3. The van der Waals surface area contributed by atoms with Gasteiger partial charge in [-0.05, 0) is 43.9 Å². The second kappa shape index (κ2) is 7.51. The number of aliphatic imine (C=N–C) groups is 2. The quantitative estimate of drug-likeness (QED) is 0.497. The minimum Gasteiger partial charge on any atom is -0.387 e. The number of pyridine rings is 1. The van der Waals surface area contributed by atoms with Crippen LogP contribution in [0.3, 0.4) is 0 Å². The third kappa shape index (κ3) is 3.78. The van der Waals surface area contributed by atoms with Gasteiger partial charge in [-0.1, -0.05) is 11.6 Å². The summed E-state index contributed by atoms with van der Waals surface area (Å²) in [6.07, 6.45) is 3.24. The maximum atomic E-state index is 13.4. The highest BCUT2D eigenvalue weighted by Gasteiger charge is 2.43. The third-order valence-corrected chi connectivity index (χ3v) is 6.41. The molecular weight excluding hydrogens is 424 g/mol. The zero-order chi connectivity index (χ0) is 21.8. The molecular formula is C22H22ClF2N5O. The van der Waals surface area contributed by atoms with E-state index in [9.17, 15) is 13.6 Å². The summed E-state index contributed by atoms with van der Waals surface area (Å²) in [5, 5.41) is 6.59. The number of hydrogen-bond donors (Lipinski definition) is 2. The van der Waals surface area contributed by atoms with Crippen molar-refractivity contribution in [2.75, 3.05) is 11.9 Å². The molecule has 2 saturated carbocycles. The van der Waals surface area contributed by atoms with Crippen LogP contribution in [-0.4, -0.2) is 40.8 Å². The Morgan fingerprint density at radius 1 is 1.29 bits per heavy atom. The van der Waals surface area contributed by atoms with Gasteiger partial charge in [0.15, 0.2) is 5.84 Å². The normalized spacial score (nSPS) is 24.0. The Balaban J connectivity index is 1.34. The zero-order valence-electron chi connectivity index (χ0n) is 17.0. The summed E-state index contributed by atoms with van der Waals surface area (Å²) in [6.45, 7) is 2.76. The monoisotopic (exact) mass is 445 g/mol. The lowest BCUT2D eigenvalue weighted by Gasteiger charge is -2.29. The smallest absolute Gasteiger partial charge is 0.248 e. The second-order valence-corrected chi connectivity index (χ2v) is 8.69. The molecule has 31 heavy (non-hydrogen) atoms. The summed E-state index contributed by atoms with van der Waals surface area (Å²) < 4.78 is 26.7. The average Bonchev–Trinajstić information content (AvgIpc) is 3.48. The zero-order valence-corrected chi connectivity index (χ0v) is 17.8. The molecule has 0 bridgehead atoms. The molecule has 9 heteroatoms. The van der Waals surface area contributed by atoms with E-state index in [0.29, 0.717) is 30.2 Å². The van der Waals surface area contributed by atoms with E-state index in [0.717, 1.165) is 24.2 Å². The van der Waals surface area contributed by atoms with Crippen molar-refractivity contribution in [2.24, 2.45) is 15.9 Å². The minimum atomic E-state index is -2.58. The Morgan fingerprint density at radius 2 is 2.06 bits per heavy atom. The molecule has 0 spiro atoms. The lowest BCUT2D eigenvalue weighted by atomic mass is 9.92. The van der Waals surface area contributed by atoms with E-state index < -0.39 is 5.92 Å². The largest absolute Gasteiger partial charge is 0.387 e. The number of carbonyl (C=O) groups is 1. The highest BCUT2D eigenvalue weighted by Crippen LogP contribution is 2.46. The number of anilines is 1. The molecule has 0 aromatic carbocycles. The number of halogens is 3. The molecule has 2 aliphatic carbocycles. The molecule has 162 valence electrons. The van der Waals surface area contributed by atoms with E-state index in [2.05, 4.69) is 25.6 Å². The van der Waals surface area contributed by atoms with E-state index in [-0.39, 0.29) is 41.3 Å². The number of amidine groups is 1. The first-order chi connectivity index (χ1) is 14.9. The van der Waals surface area contributed by atoms with Crippen LogP contribution in [0.1, 0.15) is 49.4 Å². The Morgan fingerprint density at radius 3 is 2.77 bits per heavy atom. The predicted molar refractivity (Wildman–Crippen MR) is 116 cm³/mol. The van der Waals surface area contributed by atoms with Gasteiger partial charge in [0.1, 0.15) is 16.7 Å². The molecule has 2 N–H and O–H groups in total. The van der Waals surface area contributed by atoms with Gasteiger partial charge >= 0.3 is 0 Å². The molecule has 0 saturated heterocycles. The SMILES string of the molecule is CCNC1=C2C(=NC=C3CC31)N=C2C(=O)c1ccc(NC2CCC(F)(F)CC2)nc1Cl. The number of rotatable bonds is 6. The number of aromatic nitrogens is 1. The molecule has 2 fully saturated rings. The molecule has 4 aliphatic rings. The van der Waals surface area contributed by atoms with Crippen LogP contribution in [0.15, 0.2) is 45.2 Å². The van der Waals surface area contributed by atoms with Gasteiger partial charge in [-0.2, -0.15) is 0 Å². The van der Waals surface area contributed by atoms with Gasteiger partial charge in [-0.25, -0.2) is 23.7 Å². The minimum absolute atomic E-state index is 0.0636. The van der Waals surface area contributed by atoms with Crippen LogP contribution < -0.4 is 10.6 Å². The van der Waals surface area contributed by atoms with Gasteiger partial charge in [0, 0.05) is 43.2 Å². The van der Waals surface area contributed by atoms with E-state index in [4.69, 9.17) is 11.6 Å². The predicted octanol–water partition coefficient (Wildman–Crippen LogP) is 4.54. The topological polar surface area (TPSA) is 78.7 Å². The van der Waals surface area contributed by atoms with Crippen LogP contribution in [0, 0.1) is 5.92 Å². The Labute approximate surface area is 183 Å². The molecule has 1 atom stereocenters. The van der Waals surface area contributed by atoms with Crippen LogP contribution in [-0.2, 0) is 0 Å². The van der Waals surface area contributed by atoms with Crippen LogP contribution in [0.4, 0.5) is 14.6 Å².